The quantitative estimate of drug-likeness (QED) is 0.844. The Kier molecular flexibility index (Phi) is 5.02. The van der Waals surface area contributed by atoms with E-state index in [1.807, 2.05) is 35.2 Å². The SMILES string of the molecule is CC(c1nc(-c2ccccc2)no1)N1CCC(C(=O)N2CCCC2)CC1. The molecular formula is C20H26N4O2. The highest BCUT2D eigenvalue weighted by Gasteiger charge is 2.32. The molecule has 0 N–H and O–H groups in total. The van der Waals surface area contributed by atoms with Crippen molar-refractivity contribution in [2.45, 2.75) is 38.6 Å². The molecule has 1 unspecified atom stereocenters. The van der Waals surface area contributed by atoms with E-state index in [1.165, 1.54) is 0 Å². The van der Waals surface area contributed by atoms with Gasteiger partial charge >= 0.3 is 0 Å². The smallest absolute Gasteiger partial charge is 0.244 e. The van der Waals surface area contributed by atoms with Crippen LogP contribution in [0.25, 0.3) is 11.4 Å². The number of hydrogen-bond acceptors (Lipinski definition) is 5. The average molecular weight is 354 g/mol. The maximum atomic E-state index is 12.6. The van der Waals surface area contributed by atoms with Gasteiger partial charge < -0.3 is 9.42 Å². The minimum atomic E-state index is 0.0720. The fraction of sp³-hybridized carbons (Fsp3) is 0.550. The molecule has 1 atom stereocenters. The number of nitrogens with zero attached hydrogens (tertiary/aromatic N) is 4. The number of likely N-dealkylation sites (tertiary alicyclic amines) is 2. The second-order valence-corrected chi connectivity index (χ2v) is 7.34. The number of piperidine rings is 1. The predicted octanol–water partition coefficient (Wildman–Crippen LogP) is 3.13. The number of hydrogen-bond donors (Lipinski definition) is 0. The molecule has 26 heavy (non-hydrogen) atoms. The third-order valence-corrected chi connectivity index (χ3v) is 5.68. The van der Waals surface area contributed by atoms with E-state index in [4.69, 9.17) is 4.52 Å². The third-order valence-electron chi connectivity index (χ3n) is 5.68. The number of aromatic nitrogens is 2. The topological polar surface area (TPSA) is 62.5 Å². The van der Waals surface area contributed by atoms with Crippen LogP contribution in [0.4, 0.5) is 0 Å². The molecule has 1 amide bonds. The Bertz CT molecular complexity index is 731. The van der Waals surface area contributed by atoms with Crippen molar-refractivity contribution in [2.24, 2.45) is 5.92 Å². The van der Waals surface area contributed by atoms with Crippen molar-refractivity contribution in [1.29, 1.82) is 0 Å². The highest BCUT2D eigenvalue weighted by Crippen LogP contribution is 2.28. The Balaban J connectivity index is 1.36. The lowest BCUT2D eigenvalue weighted by atomic mass is 9.94. The van der Waals surface area contributed by atoms with Gasteiger partial charge in [0.2, 0.25) is 17.6 Å². The van der Waals surface area contributed by atoms with Gasteiger partial charge in [-0.2, -0.15) is 4.98 Å². The van der Waals surface area contributed by atoms with Gasteiger partial charge in [-0.25, -0.2) is 0 Å². The predicted molar refractivity (Wildman–Crippen MR) is 98.3 cm³/mol. The van der Waals surface area contributed by atoms with Crippen LogP contribution in [0.15, 0.2) is 34.9 Å². The molecular weight excluding hydrogens is 328 g/mol. The molecule has 2 aromatic rings. The standard InChI is InChI=1S/C20H26N4O2/c1-15(19-21-18(22-26-19)16-7-3-2-4-8-16)23-13-9-17(10-14-23)20(25)24-11-5-6-12-24/h2-4,7-8,15,17H,5-6,9-14H2,1H3. The highest BCUT2D eigenvalue weighted by atomic mass is 16.5. The first kappa shape index (κ1) is 17.2. The van der Waals surface area contributed by atoms with E-state index in [0.717, 1.165) is 57.4 Å². The zero-order valence-corrected chi connectivity index (χ0v) is 15.3. The fourth-order valence-corrected chi connectivity index (χ4v) is 3.99. The van der Waals surface area contributed by atoms with Gasteiger partial charge in [0.25, 0.3) is 0 Å². The van der Waals surface area contributed by atoms with Crippen LogP contribution in [0.5, 0.6) is 0 Å². The van der Waals surface area contributed by atoms with Crippen LogP contribution in [0, 0.1) is 5.92 Å². The van der Waals surface area contributed by atoms with E-state index in [2.05, 4.69) is 22.0 Å². The van der Waals surface area contributed by atoms with Crippen LogP contribution in [-0.2, 0) is 4.79 Å². The Morgan fingerprint density at radius 1 is 1.12 bits per heavy atom. The van der Waals surface area contributed by atoms with Crippen LogP contribution in [0.1, 0.15) is 44.5 Å². The van der Waals surface area contributed by atoms with E-state index in [0.29, 0.717) is 17.6 Å². The summed E-state index contributed by atoms with van der Waals surface area (Å²) in [5, 5.41) is 4.12. The molecule has 2 saturated heterocycles. The molecule has 2 aliphatic heterocycles. The van der Waals surface area contributed by atoms with Gasteiger partial charge in [0.15, 0.2) is 0 Å². The van der Waals surface area contributed by atoms with Crippen LogP contribution in [-0.4, -0.2) is 52.0 Å². The molecule has 0 saturated carbocycles. The Labute approximate surface area is 154 Å². The van der Waals surface area contributed by atoms with E-state index < -0.39 is 0 Å². The number of amides is 1. The fourth-order valence-electron chi connectivity index (χ4n) is 3.99. The number of rotatable bonds is 4. The van der Waals surface area contributed by atoms with Crippen molar-refractivity contribution in [3.8, 4) is 11.4 Å². The van der Waals surface area contributed by atoms with Gasteiger partial charge in [-0.3, -0.25) is 9.69 Å². The Morgan fingerprint density at radius 3 is 2.50 bits per heavy atom. The molecule has 138 valence electrons. The van der Waals surface area contributed by atoms with E-state index >= 15 is 0 Å². The maximum absolute atomic E-state index is 12.6. The van der Waals surface area contributed by atoms with Gasteiger partial charge in [0.05, 0.1) is 6.04 Å². The lowest BCUT2D eigenvalue weighted by Gasteiger charge is -2.35. The molecule has 6 heteroatoms. The molecule has 2 fully saturated rings. The van der Waals surface area contributed by atoms with Crippen LogP contribution < -0.4 is 0 Å². The van der Waals surface area contributed by atoms with Crippen molar-refractivity contribution in [3.63, 3.8) is 0 Å². The monoisotopic (exact) mass is 354 g/mol. The molecule has 0 aliphatic carbocycles. The summed E-state index contributed by atoms with van der Waals surface area (Å²) in [7, 11) is 0. The van der Waals surface area contributed by atoms with E-state index in [-0.39, 0.29) is 12.0 Å². The minimum absolute atomic E-state index is 0.0720. The summed E-state index contributed by atoms with van der Waals surface area (Å²) < 4.78 is 5.51. The number of carbonyl (C=O) groups excluding carboxylic acids is 1. The van der Waals surface area contributed by atoms with Gasteiger partial charge in [0.1, 0.15) is 0 Å². The van der Waals surface area contributed by atoms with Gasteiger partial charge in [-0.05, 0) is 45.7 Å². The first-order valence-corrected chi connectivity index (χ1v) is 9.64. The summed E-state index contributed by atoms with van der Waals surface area (Å²) in [6.45, 7) is 5.78. The first-order valence-electron chi connectivity index (χ1n) is 9.64. The molecule has 0 radical (unpaired) electrons. The van der Waals surface area contributed by atoms with Crippen LogP contribution in [0.3, 0.4) is 0 Å². The Hall–Kier alpha value is -2.21. The molecule has 3 heterocycles. The summed E-state index contributed by atoms with van der Waals surface area (Å²) >= 11 is 0. The lowest BCUT2D eigenvalue weighted by molar-refractivity contribution is -0.136. The summed E-state index contributed by atoms with van der Waals surface area (Å²) in [5.74, 6) is 1.82. The van der Waals surface area contributed by atoms with Crippen molar-refractivity contribution in [2.75, 3.05) is 26.2 Å². The normalized spacial score (nSPS) is 20.4. The highest BCUT2D eigenvalue weighted by molar-refractivity contribution is 5.79. The van der Waals surface area contributed by atoms with Crippen molar-refractivity contribution in [1.82, 2.24) is 19.9 Å². The summed E-state index contributed by atoms with van der Waals surface area (Å²) in [6.07, 6.45) is 4.14. The maximum Gasteiger partial charge on any atom is 0.244 e. The third kappa shape index (κ3) is 3.51. The first-order chi connectivity index (χ1) is 12.7. The zero-order chi connectivity index (χ0) is 17.9. The molecule has 1 aromatic heterocycles. The summed E-state index contributed by atoms with van der Waals surface area (Å²) in [5.41, 5.74) is 0.963. The van der Waals surface area contributed by atoms with Crippen LogP contribution in [0.2, 0.25) is 0 Å². The molecule has 1 aromatic carbocycles. The largest absolute Gasteiger partial charge is 0.342 e. The number of benzene rings is 1. The number of carbonyl (C=O) groups is 1. The molecule has 2 aliphatic rings. The van der Waals surface area contributed by atoms with Crippen molar-refractivity contribution < 1.29 is 9.32 Å². The molecule has 6 nitrogen and oxygen atoms in total. The molecule has 0 spiro atoms. The minimum Gasteiger partial charge on any atom is -0.342 e. The van der Waals surface area contributed by atoms with Gasteiger partial charge in [-0.15, -0.1) is 0 Å². The van der Waals surface area contributed by atoms with Gasteiger partial charge in [0, 0.05) is 24.6 Å². The summed E-state index contributed by atoms with van der Waals surface area (Å²) in [4.78, 5) is 21.5. The molecule has 0 bridgehead atoms. The van der Waals surface area contributed by atoms with Gasteiger partial charge in [-0.1, -0.05) is 35.5 Å². The van der Waals surface area contributed by atoms with E-state index in [1.54, 1.807) is 0 Å². The zero-order valence-electron chi connectivity index (χ0n) is 15.3. The van der Waals surface area contributed by atoms with Crippen LogP contribution >= 0.6 is 0 Å². The second-order valence-electron chi connectivity index (χ2n) is 7.34. The second kappa shape index (κ2) is 7.58. The van der Waals surface area contributed by atoms with Crippen molar-refractivity contribution in [3.05, 3.63) is 36.2 Å². The molecule has 4 rings (SSSR count). The average Bonchev–Trinajstić information content (AvgIpc) is 3.40. The lowest BCUT2D eigenvalue weighted by Crippen LogP contribution is -2.42. The van der Waals surface area contributed by atoms with Crippen molar-refractivity contribution >= 4 is 5.91 Å². The summed E-state index contributed by atoms with van der Waals surface area (Å²) in [6, 6.07) is 9.95. The Morgan fingerprint density at radius 2 is 1.81 bits per heavy atom. The van der Waals surface area contributed by atoms with E-state index in [9.17, 15) is 4.79 Å².